The maximum absolute atomic E-state index is 13.2. The number of rotatable bonds is 1. The molecule has 0 aliphatic heterocycles. The molecule has 2 N–H and O–H groups in total. The van der Waals surface area contributed by atoms with Crippen LogP contribution in [-0.4, -0.2) is 22.2 Å². The van der Waals surface area contributed by atoms with Gasteiger partial charge < -0.3 is 10.0 Å². The van der Waals surface area contributed by atoms with Crippen molar-refractivity contribution in [2.24, 2.45) is 0 Å². The van der Waals surface area contributed by atoms with E-state index in [1.807, 2.05) is 0 Å². The van der Waals surface area contributed by atoms with Crippen LogP contribution in [0.3, 0.4) is 0 Å². The van der Waals surface area contributed by atoms with Crippen molar-refractivity contribution in [3.8, 4) is 0 Å². The van der Waals surface area contributed by atoms with Crippen molar-refractivity contribution >= 4 is 23.4 Å². The second-order valence-corrected chi connectivity index (χ2v) is 2.93. The summed E-state index contributed by atoms with van der Waals surface area (Å²) in [5.74, 6) is -0.419. The Bertz CT molecular complexity index is 475. The molecule has 0 spiro atoms. The summed E-state index contributed by atoms with van der Waals surface area (Å²) in [4.78, 5) is 3.77. The second-order valence-electron chi connectivity index (χ2n) is 2.93. The molecule has 3 nitrogen and oxygen atoms in total. The molecule has 5 heteroatoms. The second kappa shape index (κ2) is 3.36. The number of benzene rings is 1. The molecule has 0 atom stereocenters. The Kier molecular flexibility index (Phi) is 2.19. The van der Waals surface area contributed by atoms with Gasteiger partial charge in [-0.05, 0) is 23.0 Å². The van der Waals surface area contributed by atoms with Crippen LogP contribution >= 0.6 is 0 Å². The summed E-state index contributed by atoms with van der Waals surface area (Å²) in [7, 11) is -1.60. The molecule has 0 fully saturated rings. The van der Waals surface area contributed by atoms with Gasteiger partial charge in [0, 0.05) is 17.8 Å². The average molecular weight is 191 g/mol. The van der Waals surface area contributed by atoms with Crippen molar-refractivity contribution in [3.63, 3.8) is 0 Å². The summed E-state index contributed by atoms with van der Waals surface area (Å²) in [6.45, 7) is 0. The smallest absolute Gasteiger partial charge is 0.423 e. The fourth-order valence-electron chi connectivity index (χ4n) is 1.40. The van der Waals surface area contributed by atoms with Crippen LogP contribution in [0.2, 0.25) is 0 Å². The maximum atomic E-state index is 13.2. The van der Waals surface area contributed by atoms with E-state index < -0.39 is 12.9 Å². The predicted molar refractivity (Wildman–Crippen MR) is 51.5 cm³/mol. The Labute approximate surface area is 80.0 Å². The first-order chi connectivity index (χ1) is 6.70. The number of fused-ring (bicyclic) bond motifs is 1. The van der Waals surface area contributed by atoms with Gasteiger partial charge in [-0.1, -0.05) is 6.07 Å². The first-order valence-electron chi connectivity index (χ1n) is 4.08. The van der Waals surface area contributed by atoms with Crippen molar-refractivity contribution in [3.05, 3.63) is 36.4 Å². The summed E-state index contributed by atoms with van der Waals surface area (Å²) < 4.78 is 13.2. The first-order valence-corrected chi connectivity index (χ1v) is 4.08. The standard InChI is InChI=1S/C9H7BFNO2/c11-9-2-1-8(10(13)14)6-3-4-12-5-7(6)9/h1-5,13-14H. The third kappa shape index (κ3) is 1.36. The van der Waals surface area contributed by atoms with Gasteiger partial charge in [0.1, 0.15) is 5.82 Å². The van der Waals surface area contributed by atoms with Crippen LogP contribution in [0.25, 0.3) is 10.8 Å². The van der Waals surface area contributed by atoms with Crippen LogP contribution in [0.15, 0.2) is 30.6 Å². The molecular weight excluding hydrogens is 184 g/mol. The SMILES string of the molecule is OB(O)c1ccc(F)c2cnccc12. The lowest BCUT2D eigenvalue weighted by Gasteiger charge is -2.05. The Morgan fingerprint density at radius 1 is 1.14 bits per heavy atom. The highest BCUT2D eigenvalue weighted by Crippen LogP contribution is 2.14. The van der Waals surface area contributed by atoms with Gasteiger partial charge in [0.2, 0.25) is 0 Å². The van der Waals surface area contributed by atoms with E-state index in [4.69, 9.17) is 10.0 Å². The van der Waals surface area contributed by atoms with Crippen LogP contribution in [0.1, 0.15) is 0 Å². The van der Waals surface area contributed by atoms with E-state index in [2.05, 4.69) is 4.98 Å². The largest absolute Gasteiger partial charge is 0.489 e. The molecule has 1 aromatic carbocycles. The Morgan fingerprint density at radius 2 is 1.93 bits per heavy atom. The molecule has 2 rings (SSSR count). The molecule has 0 saturated heterocycles. The fourth-order valence-corrected chi connectivity index (χ4v) is 1.40. The number of pyridine rings is 1. The number of aromatic nitrogens is 1. The monoisotopic (exact) mass is 191 g/mol. The molecule has 0 saturated carbocycles. The molecule has 1 aromatic heterocycles. The summed E-state index contributed by atoms with van der Waals surface area (Å²) >= 11 is 0. The lowest BCUT2D eigenvalue weighted by molar-refractivity contribution is 0.426. The summed E-state index contributed by atoms with van der Waals surface area (Å²) in [5, 5.41) is 18.8. The topological polar surface area (TPSA) is 53.4 Å². The lowest BCUT2D eigenvalue weighted by atomic mass is 9.77. The Hall–Kier alpha value is -1.46. The van der Waals surface area contributed by atoms with Gasteiger partial charge >= 0.3 is 7.12 Å². The van der Waals surface area contributed by atoms with E-state index in [1.165, 1.54) is 24.5 Å². The third-order valence-corrected chi connectivity index (χ3v) is 2.08. The molecule has 0 aliphatic carbocycles. The Morgan fingerprint density at radius 3 is 2.64 bits per heavy atom. The molecule has 0 radical (unpaired) electrons. The van der Waals surface area contributed by atoms with E-state index in [-0.39, 0.29) is 10.8 Å². The van der Waals surface area contributed by atoms with E-state index in [0.717, 1.165) is 0 Å². The van der Waals surface area contributed by atoms with Crippen molar-refractivity contribution in [1.82, 2.24) is 4.98 Å². The van der Waals surface area contributed by atoms with Crippen molar-refractivity contribution in [2.45, 2.75) is 0 Å². The molecule has 14 heavy (non-hydrogen) atoms. The van der Waals surface area contributed by atoms with Gasteiger partial charge in [0.15, 0.2) is 0 Å². The summed E-state index contributed by atoms with van der Waals surface area (Å²) in [5.41, 5.74) is 0.281. The highest BCUT2D eigenvalue weighted by molar-refractivity contribution is 6.61. The number of halogens is 1. The van der Waals surface area contributed by atoms with Crippen LogP contribution < -0.4 is 5.46 Å². The molecule has 2 aromatic rings. The molecule has 0 bridgehead atoms. The van der Waals surface area contributed by atoms with Crippen LogP contribution in [0, 0.1) is 5.82 Å². The van der Waals surface area contributed by atoms with Crippen molar-refractivity contribution < 1.29 is 14.4 Å². The Balaban J connectivity index is 2.82. The number of hydrogen-bond donors (Lipinski definition) is 2. The average Bonchev–Trinajstić information content (AvgIpc) is 2.18. The summed E-state index contributed by atoms with van der Waals surface area (Å²) in [6, 6.07) is 4.09. The van der Waals surface area contributed by atoms with Gasteiger partial charge in [-0.25, -0.2) is 4.39 Å². The number of nitrogens with zero attached hydrogens (tertiary/aromatic N) is 1. The highest BCUT2D eigenvalue weighted by atomic mass is 19.1. The van der Waals surface area contributed by atoms with Gasteiger partial charge in [-0.15, -0.1) is 0 Å². The van der Waals surface area contributed by atoms with Crippen LogP contribution in [-0.2, 0) is 0 Å². The van der Waals surface area contributed by atoms with Gasteiger partial charge in [0.25, 0.3) is 0 Å². The van der Waals surface area contributed by atoms with E-state index in [9.17, 15) is 4.39 Å². The summed E-state index contributed by atoms with van der Waals surface area (Å²) in [6.07, 6.45) is 2.84. The molecule has 1 heterocycles. The quantitative estimate of drug-likeness (QED) is 0.626. The minimum Gasteiger partial charge on any atom is -0.423 e. The normalized spacial score (nSPS) is 10.5. The molecule has 70 valence electrons. The third-order valence-electron chi connectivity index (χ3n) is 2.08. The van der Waals surface area contributed by atoms with Crippen molar-refractivity contribution in [1.29, 1.82) is 0 Å². The lowest BCUT2D eigenvalue weighted by Crippen LogP contribution is -2.30. The molecule has 0 amide bonds. The molecule has 0 aliphatic rings. The van der Waals surface area contributed by atoms with Gasteiger partial charge in [0.05, 0.1) is 0 Å². The zero-order valence-electron chi connectivity index (χ0n) is 7.18. The zero-order chi connectivity index (χ0) is 10.1. The zero-order valence-corrected chi connectivity index (χ0v) is 7.18. The van der Waals surface area contributed by atoms with E-state index >= 15 is 0 Å². The number of hydrogen-bond acceptors (Lipinski definition) is 3. The van der Waals surface area contributed by atoms with Crippen molar-refractivity contribution in [2.75, 3.05) is 0 Å². The fraction of sp³-hybridized carbons (Fsp3) is 0. The van der Waals surface area contributed by atoms with E-state index in [1.54, 1.807) is 6.07 Å². The van der Waals surface area contributed by atoms with Gasteiger partial charge in [-0.2, -0.15) is 0 Å². The minimum absolute atomic E-state index is 0.281. The predicted octanol–water partition coefficient (Wildman–Crippen LogP) is 0.0537. The highest BCUT2D eigenvalue weighted by Gasteiger charge is 2.15. The van der Waals surface area contributed by atoms with Crippen LogP contribution in [0.4, 0.5) is 4.39 Å². The van der Waals surface area contributed by atoms with E-state index in [0.29, 0.717) is 5.39 Å². The first kappa shape index (κ1) is 9.11. The maximum Gasteiger partial charge on any atom is 0.489 e. The minimum atomic E-state index is -1.60. The van der Waals surface area contributed by atoms with Gasteiger partial charge in [-0.3, -0.25) is 4.98 Å². The molecular formula is C9H7BFNO2. The van der Waals surface area contributed by atoms with Crippen LogP contribution in [0.5, 0.6) is 0 Å². The molecule has 0 unspecified atom stereocenters.